The predicted molar refractivity (Wildman–Crippen MR) is 113 cm³/mol. The zero-order chi connectivity index (χ0) is 20.5. The van der Waals surface area contributed by atoms with Crippen LogP contribution in [0.3, 0.4) is 0 Å². The molecule has 6 nitrogen and oxygen atoms in total. The zero-order valence-electron chi connectivity index (χ0n) is 16.7. The van der Waals surface area contributed by atoms with Crippen molar-refractivity contribution in [2.45, 2.75) is 19.4 Å². The van der Waals surface area contributed by atoms with Gasteiger partial charge in [-0.1, -0.05) is 29.8 Å². The molecule has 1 atom stereocenters. The maximum atomic E-state index is 13.1. The van der Waals surface area contributed by atoms with Crippen LogP contribution in [0, 0.1) is 6.92 Å². The van der Waals surface area contributed by atoms with Crippen molar-refractivity contribution in [2.75, 3.05) is 43.1 Å². The number of para-hydroxylation sites is 2. The Hall–Kier alpha value is -2.57. The van der Waals surface area contributed by atoms with Crippen molar-refractivity contribution in [3.05, 3.63) is 53.1 Å². The van der Waals surface area contributed by atoms with Crippen molar-refractivity contribution in [3.63, 3.8) is 0 Å². The number of halogens is 1. The average Bonchev–Trinajstić information content (AvgIpc) is 3.02. The molecule has 2 heterocycles. The molecular formula is C22H25ClN3O3+. The van der Waals surface area contributed by atoms with Gasteiger partial charge in [0.05, 0.1) is 56.1 Å². The third kappa shape index (κ3) is 3.70. The predicted octanol–water partition coefficient (Wildman–Crippen LogP) is 1.69. The van der Waals surface area contributed by atoms with Gasteiger partial charge in [0.1, 0.15) is 5.75 Å². The number of benzene rings is 2. The van der Waals surface area contributed by atoms with Gasteiger partial charge in [0.2, 0.25) is 5.91 Å². The average molecular weight is 415 g/mol. The zero-order valence-corrected chi connectivity index (χ0v) is 17.4. The number of carbonyl (C=O) groups excluding carboxylic acids is 2. The molecule has 7 heteroatoms. The Morgan fingerprint density at radius 2 is 1.79 bits per heavy atom. The van der Waals surface area contributed by atoms with E-state index in [1.54, 1.807) is 19.2 Å². The van der Waals surface area contributed by atoms with Crippen LogP contribution >= 0.6 is 11.6 Å². The lowest BCUT2D eigenvalue weighted by atomic mass is 10.1. The summed E-state index contributed by atoms with van der Waals surface area (Å²) in [4.78, 5) is 30.4. The summed E-state index contributed by atoms with van der Waals surface area (Å²) < 4.78 is 5.47. The van der Waals surface area contributed by atoms with Crippen molar-refractivity contribution in [3.8, 4) is 5.75 Å². The van der Waals surface area contributed by atoms with E-state index in [-0.39, 0.29) is 24.3 Å². The summed E-state index contributed by atoms with van der Waals surface area (Å²) in [5, 5.41) is 0.434. The van der Waals surface area contributed by atoms with Crippen LogP contribution in [0.4, 0.5) is 11.4 Å². The number of imide groups is 1. The number of piperazine rings is 1. The molecule has 152 valence electrons. The summed E-state index contributed by atoms with van der Waals surface area (Å²) in [6, 6.07) is 13.0. The van der Waals surface area contributed by atoms with Gasteiger partial charge in [0.15, 0.2) is 6.04 Å². The second-order valence-electron chi connectivity index (χ2n) is 7.60. The number of hydrogen-bond acceptors (Lipinski definition) is 4. The van der Waals surface area contributed by atoms with E-state index < -0.39 is 0 Å². The van der Waals surface area contributed by atoms with Crippen molar-refractivity contribution in [1.29, 1.82) is 0 Å². The molecule has 0 radical (unpaired) electrons. The quantitative estimate of drug-likeness (QED) is 0.774. The fourth-order valence-electron chi connectivity index (χ4n) is 4.27. The molecule has 2 aliphatic heterocycles. The van der Waals surface area contributed by atoms with Crippen LogP contribution in [-0.4, -0.2) is 51.1 Å². The minimum Gasteiger partial charge on any atom is -0.495 e. The molecule has 0 aliphatic carbocycles. The van der Waals surface area contributed by atoms with Gasteiger partial charge in [0, 0.05) is 0 Å². The van der Waals surface area contributed by atoms with Crippen molar-refractivity contribution >= 4 is 34.8 Å². The van der Waals surface area contributed by atoms with Crippen LogP contribution < -0.4 is 19.4 Å². The number of amides is 2. The summed E-state index contributed by atoms with van der Waals surface area (Å²) >= 11 is 6.32. The molecule has 2 aromatic carbocycles. The standard InChI is InChI=1S/C22H24ClN3O3/c1-15-7-8-17(16(23)13-15)26-21(27)14-19(22(26)28)25-11-9-24(10-12-25)18-5-3-4-6-20(18)29-2/h3-8,13,19H,9-12,14H2,1-2H3/p+1/t19-/m0/s1. The lowest BCUT2D eigenvalue weighted by molar-refractivity contribution is -0.915. The maximum absolute atomic E-state index is 13.1. The third-order valence-corrected chi connectivity index (χ3v) is 6.12. The fraction of sp³-hybridized carbons (Fsp3) is 0.364. The van der Waals surface area contributed by atoms with Crippen molar-refractivity contribution in [1.82, 2.24) is 0 Å². The molecule has 0 saturated carbocycles. The number of methoxy groups -OCH3 is 1. The van der Waals surface area contributed by atoms with Gasteiger partial charge in [0.25, 0.3) is 5.91 Å². The van der Waals surface area contributed by atoms with Gasteiger partial charge in [-0.05, 0) is 36.8 Å². The molecule has 2 aromatic rings. The number of nitrogens with one attached hydrogen (secondary N) is 1. The number of hydrogen-bond donors (Lipinski definition) is 1. The SMILES string of the molecule is COc1ccccc1N1CC[NH+]([C@H]2CC(=O)N(c3ccc(C)cc3Cl)C2=O)CC1. The topological polar surface area (TPSA) is 54.3 Å². The van der Waals surface area contributed by atoms with Crippen LogP contribution in [0.15, 0.2) is 42.5 Å². The molecule has 29 heavy (non-hydrogen) atoms. The number of quaternary nitrogens is 1. The van der Waals surface area contributed by atoms with Crippen LogP contribution in [-0.2, 0) is 9.59 Å². The van der Waals surface area contributed by atoms with Gasteiger partial charge in [-0.3, -0.25) is 9.59 Å². The van der Waals surface area contributed by atoms with Gasteiger partial charge < -0.3 is 14.5 Å². The Bertz CT molecular complexity index is 941. The van der Waals surface area contributed by atoms with E-state index in [2.05, 4.69) is 11.0 Å². The summed E-state index contributed by atoms with van der Waals surface area (Å²) in [5.41, 5.74) is 2.55. The highest BCUT2D eigenvalue weighted by Gasteiger charge is 2.47. The Morgan fingerprint density at radius 1 is 1.07 bits per heavy atom. The molecule has 4 rings (SSSR count). The summed E-state index contributed by atoms with van der Waals surface area (Å²) in [6.07, 6.45) is 0.229. The minimum atomic E-state index is -0.348. The Labute approximate surface area is 175 Å². The third-order valence-electron chi connectivity index (χ3n) is 5.82. The van der Waals surface area contributed by atoms with Crippen LogP contribution in [0.25, 0.3) is 0 Å². The molecule has 0 unspecified atom stereocenters. The van der Waals surface area contributed by atoms with Crippen LogP contribution in [0.1, 0.15) is 12.0 Å². The van der Waals surface area contributed by atoms with E-state index in [4.69, 9.17) is 16.3 Å². The second kappa shape index (κ2) is 8.05. The number of aryl methyl sites for hydroxylation is 1. The van der Waals surface area contributed by atoms with E-state index in [1.807, 2.05) is 31.2 Å². The van der Waals surface area contributed by atoms with E-state index in [9.17, 15) is 9.59 Å². The first-order chi connectivity index (χ1) is 14.0. The molecule has 2 amide bonds. The van der Waals surface area contributed by atoms with Gasteiger partial charge >= 0.3 is 0 Å². The molecule has 0 spiro atoms. The smallest absolute Gasteiger partial charge is 0.292 e. The van der Waals surface area contributed by atoms with E-state index in [1.165, 1.54) is 4.90 Å². The van der Waals surface area contributed by atoms with E-state index in [0.29, 0.717) is 10.7 Å². The Morgan fingerprint density at radius 3 is 2.48 bits per heavy atom. The Kier molecular flexibility index (Phi) is 5.48. The van der Waals surface area contributed by atoms with Crippen LogP contribution in [0.2, 0.25) is 5.02 Å². The first kappa shape index (κ1) is 19.7. The highest BCUT2D eigenvalue weighted by atomic mass is 35.5. The number of ether oxygens (including phenoxy) is 1. The largest absolute Gasteiger partial charge is 0.495 e. The lowest BCUT2D eigenvalue weighted by Crippen LogP contribution is -3.19. The first-order valence-electron chi connectivity index (χ1n) is 9.85. The lowest BCUT2D eigenvalue weighted by Gasteiger charge is -2.36. The Balaban J connectivity index is 1.47. The van der Waals surface area contributed by atoms with E-state index >= 15 is 0 Å². The first-order valence-corrected chi connectivity index (χ1v) is 10.2. The summed E-state index contributed by atoms with van der Waals surface area (Å²) in [6.45, 7) is 5.11. The summed E-state index contributed by atoms with van der Waals surface area (Å²) in [5.74, 6) is 0.523. The van der Waals surface area contributed by atoms with Crippen molar-refractivity contribution in [2.24, 2.45) is 0 Å². The monoisotopic (exact) mass is 414 g/mol. The number of nitrogens with zero attached hydrogens (tertiary/aromatic N) is 2. The van der Waals surface area contributed by atoms with E-state index in [0.717, 1.165) is 48.1 Å². The van der Waals surface area contributed by atoms with Gasteiger partial charge in [-0.25, -0.2) is 4.90 Å². The molecule has 2 fully saturated rings. The molecule has 2 aliphatic rings. The highest BCUT2D eigenvalue weighted by Crippen LogP contribution is 2.31. The van der Waals surface area contributed by atoms with Crippen LogP contribution in [0.5, 0.6) is 5.75 Å². The number of rotatable bonds is 4. The molecule has 1 N–H and O–H groups in total. The molecular weight excluding hydrogens is 390 g/mol. The van der Waals surface area contributed by atoms with Gasteiger partial charge in [-0.15, -0.1) is 0 Å². The number of carbonyl (C=O) groups is 2. The fourth-order valence-corrected chi connectivity index (χ4v) is 4.59. The molecule has 0 bridgehead atoms. The molecule has 0 aromatic heterocycles. The highest BCUT2D eigenvalue weighted by molar-refractivity contribution is 6.36. The minimum absolute atomic E-state index is 0.151. The normalized spacial score (nSPS) is 20.4. The second-order valence-corrected chi connectivity index (χ2v) is 8.00. The maximum Gasteiger partial charge on any atom is 0.292 e. The molecule has 2 saturated heterocycles. The van der Waals surface area contributed by atoms with Crippen molar-refractivity contribution < 1.29 is 19.2 Å². The summed E-state index contributed by atoms with van der Waals surface area (Å²) in [7, 11) is 1.67. The van der Waals surface area contributed by atoms with Gasteiger partial charge in [-0.2, -0.15) is 0 Å². The number of anilines is 2.